The Morgan fingerprint density at radius 2 is 1.81 bits per heavy atom. The van der Waals surface area contributed by atoms with Gasteiger partial charge in [0.1, 0.15) is 0 Å². The van der Waals surface area contributed by atoms with E-state index in [0.717, 1.165) is 62.5 Å². The number of carbonyl (C=O) groups excluding carboxylic acids is 1. The number of aromatic nitrogens is 2. The van der Waals surface area contributed by atoms with Crippen molar-refractivity contribution in [2.75, 3.05) is 31.1 Å². The largest absolute Gasteiger partial charge is 0.340 e. The Kier molecular flexibility index (Phi) is 5.04. The Hall–Kier alpha value is -2.14. The molecule has 0 saturated carbocycles. The maximum absolute atomic E-state index is 13.0. The lowest BCUT2D eigenvalue weighted by atomic mass is 9.72. The Balaban J connectivity index is 1.43. The second kappa shape index (κ2) is 7.47. The Morgan fingerprint density at radius 1 is 1.07 bits per heavy atom. The molecule has 0 radical (unpaired) electrons. The summed E-state index contributed by atoms with van der Waals surface area (Å²) in [5.74, 6) is 0.925. The summed E-state index contributed by atoms with van der Waals surface area (Å²) in [6.45, 7) is 5.51. The third-order valence-electron chi connectivity index (χ3n) is 6.11. The van der Waals surface area contributed by atoms with Crippen molar-refractivity contribution in [3.8, 4) is 0 Å². The number of hydrogen-bond donors (Lipinski definition) is 0. The molecule has 142 valence electrons. The molecule has 2 aliphatic heterocycles. The monoisotopic (exact) mass is 384 g/mol. The van der Waals surface area contributed by atoms with E-state index in [0.29, 0.717) is 5.02 Å². The summed E-state index contributed by atoms with van der Waals surface area (Å²) in [5, 5.41) is 0.653. The first-order valence-corrected chi connectivity index (χ1v) is 10.0. The number of likely N-dealkylation sites (tertiary alicyclic amines) is 1. The van der Waals surface area contributed by atoms with Crippen molar-refractivity contribution < 1.29 is 4.79 Å². The zero-order valence-electron chi connectivity index (χ0n) is 15.7. The van der Waals surface area contributed by atoms with E-state index in [-0.39, 0.29) is 11.3 Å². The average molecular weight is 385 g/mol. The van der Waals surface area contributed by atoms with E-state index in [4.69, 9.17) is 11.6 Å². The van der Waals surface area contributed by atoms with E-state index in [1.54, 1.807) is 12.4 Å². The molecule has 3 heterocycles. The number of nitrogens with zero attached hydrogens (tertiary/aromatic N) is 4. The van der Waals surface area contributed by atoms with Gasteiger partial charge in [-0.1, -0.05) is 17.7 Å². The fourth-order valence-electron chi connectivity index (χ4n) is 4.43. The lowest BCUT2D eigenvalue weighted by Gasteiger charge is -2.47. The van der Waals surface area contributed by atoms with Gasteiger partial charge in [0.25, 0.3) is 5.91 Å². The summed E-state index contributed by atoms with van der Waals surface area (Å²) < 4.78 is 0. The number of benzene rings is 1. The molecule has 1 aromatic carbocycles. The Morgan fingerprint density at radius 3 is 2.56 bits per heavy atom. The molecular formula is C21H25ClN4O. The van der Waals surface area contributed by atoms with Crippen LogP contribution < -0.4 is 4.90 Å². The number of hydrogen-bond acceptors (Lipinski definition) is 4. The highest BCUT2D eigenvalue weighted by Crippen LogP contribution is 2.40. The molecular weight excluding hydrogens is 360 g/mol. The molecule has 0 atom stereocenters. The predicted molar refractivity (Wildman–Crippen MR) is 107 cm³/mol. The van der Waals surface area contributed by atoms with Crippen molar-refractivity contribution in [3.05, 3.63) is 52.8 Å². The third-order valence-corrected chi connectivity index (χ3v) is 6.52. The van der Waals surface area contributed by atoms with Gasteiger partial charge >= 0.3 is 0 Å². The van der Waals surface area contributed by atoms with Crippen LogP contribution in [0.2, 0.25) is 5.02 Å². The number of amides is 1. The van der Waals surface area contributed by atoms with Gasteiger partial charge in [0, 0.05) is 49.2 Å². The van der Waals surface area contributed by atoms with Crippen molar-refractivity contribution >= 4 is 23.5 Å². The molecule has 4 rings (SSSR count). The van der Waals surface area contributed by atoms with E-state index < -0.39 is 0 Å². The van der Waals surface area contributed by atoms with Crippen LogP contribution >= 0.6 is 11.6 Å². The van der Waals surface area contributed by atoms with Gasteiger partial charge in [0.05, 0.1) is 0 Å². The predicted octanol–water partition coefficient (Wildman–Crippen LogP) is 3.96. The highest BCUT2D eigenvalue weighted by Gasteiger charge is 2.40. The lowest BCUT2D eigenvalue weighted by Crippen LogP contribution is -2.51. The lowest BCUT2D eigenvalue weighted by molar-refractivity contribution is 0.0539. The molecule has 0 aliphatic carbocycles. The SMILES string of the molecule is Cc1c(Cl)cccc1C(=O)N1CCC2(CCCN(c3ncccn3)C2)CC1. The van der Waals surface area contributed by atoms with Crippen molar-refractivity contribution in [2.45, 2.75) is 32.6 Å². The second-order valence-electron chi connectivity index (χ2n) is 7.78. The van der Waals surface area contributed by atoms with Crippen molar-refractivity contribution in [1.82, 2.24) is 14.9 Å². The van der Waals surface area contributed by atoms with Crippen LogP contribution in [0, 0.1) is 12.3 Å². The topological polar surface area (TPSA) is 49.3 Å². The Bertz CT molecular complexity index is 818. The molecule has 1 aromatic heterocycles. The maximum Gasteiger partial charge on any atom is 0.254 e. The quantitative estimate of drug-likeness (QED) is 0.786. The summed E-state index contributed by atoms with van der Waals surface area (Å²) in [6.07, 6.45) is 8.04. The van der Waals surface area contributed by atoms with Gasteiger partial charge in [-0.05, 0) is 61.8 Å². The van der Waals surface area contributed by atoms with E-state index in [1.807, 2.05) is 36.1 Å². The number of anilines is 1. The van der Waals surface area contributed by atoms with Crippen LogP contribution in [0.5, 0.6) is 0 Å². The smallest absolute Gasteiger partial charge is 0.254 e. The van der Waals surface area contributed by atoms with E-state index in [9.17, 15) is 4.79 Å². The second-order valence-corrected chi connectivity index (χ2v) is 8.19. The minimum Gasteiger partial charge on any atom is -0.340 e. The van der Waals surface area contributed by atoms with Crippen LogP contribution in [-0.2, 0) is 0 Å². The van der Waals surface area contributed by atoms with E-state index >= 15 is 0 Å². The van der Waals surface area contributed by atoms with Gasteiger partial charge in [-0.15, -0.1) is 0 Å². The van der Waals surface area contributed by atoms with Crippen molar-refractivity contribution in [3.63, 3.8) is 0 Å². The first-order valence-electron chi connectivity index (χ1n) is 9.64. The molecule has 2 aliphatic rings. The van der Waals surface area contributed by atoms with Gasteiger partial charge in [-0.2, -0.15) is 0 Å². The maximum atomic E-state index is 13.0. The molecule has 2 fully saturated rings. The molecule has 0 bridgehead atoms. The molecule has 2 saturated heterocycles. The first-order chi connectivity index (χ1) is 13.1. The molecule has 2 aromatic rings. The van der Waals surface area contributed by atoms with Crippen molar-refractivity contribution in [1.29, 1.82) is 0 Å². The summed E-state index contributed by atoms with van der Waals surface area (Å²) in [6, 6.07) is 7.42. The highest BCUT2D eigenvalue weighted by molar-refractivity contribution is 6.31. The Labute approximate surface area is 165 Å². The third kappa shape index (κ3) is 3.65. The molecule has 0 unspecified atom stereocenters. The summed E-state index contributed by atoms with van der Waals surface area (Å²) in [5.41, 5.74) is 1.85. The van der Waals surface area contributed by atoms with Crippen molar-refractivity contribution in [2.24, 2.45) is 5.41 Å². The number of rotatable bonds is 2. The summed E-state index contributed by atoms with van der Waals surface area (Å²) >= 11 is 6.20. The first kappa shape index (κ1) is 18.2. The van der Waals surface area contributed by atoms with Crippen LogP contribution in [0.15, 0.2) is 36.7 Å². The standard InChI is InChI=1S/C21H25ClN4O/c1-16-17(5-2-6-18(16)22)19(27)25-13-8-21(9-14-25)7-3-12-26(15-21)20-23-10-4-11-24-20/h2,4-6,10-11H,3,7-9,12-15H2,1H3. The zero-order valence-corrected chi connectivity index (χ0v) is 16.5. The van der Waals surface area contributed by atoms with Crippen LogP contribution in [0.25, 0.3) is 0 Å². The normalized spacial score (nSPS) is 19.3. The highest BCUT2D eigenvalue weighted by atomic mass is 35.5. The molecule has 1 spiro atoms. The van der Waals surface area contributed by atoms with Crippen LogP contribution in [0.1, 0.15) is 41.6 Å². The molecule has 1 amide bonds. The summed E-state index contributed by atoms with van der Waals surface area (Å²) in [4.78, 5) is 26.1. The van der Waals surface area contributed by atoms with E-state index in [2.05, 4.69) is 14.9 Å². The van der Waals surface area contributed by atoms with Crippen LogP contribution in [0.3, 0.4) is 0 Å². The van der Waals surface area contributed by atoms with E-state index in [1.165, 1.54) is 6.42 Å². The molecule has 27 heavy (non-hydrogen) atoms. The molecule has 6 heteroatoms. The minimum atomic E-state index is 0.101. The number of piperidine rings is 2. The minimum absolute atomic E-state index is 0.101. The zero-order chi connectivity index (χ0) is 18.9. The van der Waals surface area contributed by atoms with Gasteiger partial charge in [-0.25, -0.2) is 9.97 Å². The van der Waals surface area contributed by atoms with Gasteiger partial charge < -0.3 is 9.80 Å². The molecule has 5 nitrogen and oxygen atoms in total. The number of halogens is 1. The molecule has 0 N–H and O–H groups in total. The summed E-state index contributed by atoms with van der Waals surface area (Å²) in [7, 11) is 0. The fourth-order valence-corrected chi connectivity index (χ4v) is 4.61. The van der Waals surface area contributed by atoms with Crippen LogP contribution in [-0.4, -0.2) is 47.0 Å². The van der Waals surface area contributed by atoms with Gasteiger partial charge in [0.2, 0.25) is 5.95 Å². The van der Waals surface area contributed by atoms with Gasteiger partial charge in [0.15, 0.2) is 0 Å². The number of carbonyl (C=O) groups is 1. The van der Waals surface area contributed by atoms with Crippen LogP contribution in [0.4, 0.5) is 5.95 Å². The average Bonchev–Trinajstić information content (AvgIpc) is 2.71. The van der Waals surface area contributed by atoms with Gasteiger partial charge in [-0.3, -0.25) is 4.79 Å². The fraction of sp³-hybridized carbons (Fsp3) is 0.476.